The Morgan fingerprint density at radius 2 is 1.33 bits per heavy atom. The van der Waals surface area contributed by atoms with Crippen molar-refractivity contribution in [3.8, 4) is 0 Å². The van der Waals surface area contributed by atoms with Gasteiger partial charge < -0.3 is 9.13 Å². The van der Waals surface area contributed by atoms with Gasteiger partial charge in [-0.15, -0.1) is 0 Å². The van der Waals surface area contributed by atoms with Crippen molar-refractivity contribution >= 4 is 26.7 Å². The van der Waals surface area contributed by atoms with Crippen LogP contribution in [0.4, 0.5) is 5.69 Å². The number of fused-ring (bicyclic) bond motifs is 1. The Balaban J connectivity index is 2.21. The lowest BCUT2D eigenvalue weighted by Crippen LogP contribution is -2.39. The van der Waals surface area contributed by atoms with Crippen LogP contribution in [0.2, 0.25) is 0 Å². The number of anilines is 1. The molecule has 142 valence electrons. The first kappa shape index (κ1) is 18.9. The number of hydrogen-bond donors (Lipinski definition) is 1. The Morgan fingerprint density at radius 3 is 1.89 bits per heavy atom. The minimum absolute atomic E-state index is 0.0573. The molecule has 0 bridgehead atoms. The number of nitrogens with one attached hydrogen (secondary N) is 1. The maximum Gasteiger partial charge on any atom is 0.316 e. The van der Waals surface area contributed by atoms with Crippen LogP contribution < -0.4 is 15.8 Å². The molecule has 0 atom stereocenters. The summed E-state index contributed by atoms with van der Waals surface area (Å²) in [6, 6.07) is 8.35. The zero-order chi connectivity index (χ0) is 20.1. The van der Waals surface area contributed by atoms with Gasteiger partial charge in [-0.1, -0.05) is 6.07 Å². The summed E-state index contributed by atoms with van der Waals surface area (Å²) in [4.78, 5) is 24.1. The Kier molecular flexibility index (Phi) is 4.47. The van der Waals surface area contributed by atoms with Gasteiger partial charge in [0.25, 0.3) is 10.0 Å². The van der Waals surface area contributed by atoms with E-state index in [0.29, 0.717) is 22.3 Å². The molecule has 0 unspecified atom stereocenters. The van der Waals surface area contributed by atoms with Gasteiger partial charge in [-0.3, -0.25) is 14.3 Å². The number of benzene rings is 2. The zero-order valence-corrected chi connectivity index (χ0v) is 16.6. The third-order valence-electron chi connectivity index (χ3n) is 4.84. The fraction of sp³-hybridized carbons (Fsp3) is 0.263. The topological polar surface area (TPSA) is 90.2 Å². The molecule has 0 spiro atoms. The number of hydrogen-bond acceptors (Lipinski definition) is 4. The Morgan fingerprint density at radius 1 is 0.778 bits per heavy atom. The molecule has 0 radical (unpaired) electrons. The van der Waals surface area contributed by atoms with Crippen LogP contribution in [0.15, 0.2) is 44.8 Å². The Hall–Kier alpha value is -2.87. The van der Waals surface area contributed by atoms with Crippen molar-refractivity contribution in [1.82, 2.24) is 9.13 Å². The summed E-state index contributed by atoms with van der Waals surface area (Å²) in [5.74, 6) is 0. The molecule has 3 rings (SSSR count). The second-order valence-electron chi connectivity index (χ2n) is 6.74. The molecule has 7 nitrogen and oxygen atoms in total. The molecule has 8 heteroatoms. The SMILES string of the molecule is Cc1ccc(NS(=O)(=O)c2cc3c(cc2C)n(C)c(=O)c(=O)n3C)cc1C. The average Bonchev–Trinajstić information content (AvgIpc) is 2.60. The number of nitrogens with zero attached hydrogens (tertiary/aromatic N) is 2. The monoisotopic (exact) mass is 387 g/mol. The summed E-state index contributed by atoms with van der Waals surface area (Å²) in [6.45, 7) is 5.51. The Bertz CT molecular complexity index is 1300. The molecule has 1 aromatic heterocycles. The number of rotatable bonds is 3. The van der Waals surface area contributed by atoms with Crippen LogP contribution in [0.25, 0.3) is 11.0 Å². The number of sulfonamides is 1. The maximum absolute atomic E-state index is 12.9. The van der Waals surface area contributed by atoms with Crippen molar-refractivity contribution in [2.24, 2.45) is 14.1 Å². The summed E-state index contributed by atoms with van der Waals surface area (Å²) in [7, 11) is -0.924. The highest BCUT2D eigenvalue weighted by atomic mass is 32.2. The molecule has 0 aliphatic carbocycles. The molecular weight excluding hydrogens is 366 g/mol. The van der Waals surface area contributed by atoms with Gasteiger partial charge in [0.15, 0.2) is 0 Å². The number of aryl methyl sites for hydroxylation is 5. The normalized spacial score (nSPS) is 11.7. The summed E-state index contributed by atoms with van der Waals surface area (Å²) in [6.07, 6.45) is 0. The highest BCUT2D eigenvalue weighted by molar-refractivity contribution is 7.92. The van der Waals surface area contributed by atoms with Gasteiger partial charge in [0.2, 0.25) is 0 Å². The van der Waals surface area contributed by atoms with Crippen LogP contribution in [0.5, 0.6) is 0 Å². The van der Waals surface area contributed by atoms with E-state index in [2.05, 4.69) is 4.72 Å². The third-order valence-corrected chi connectivity index (χ3v) is 6.36. The second kappa shape index (κ2) is 6.38. The highest BCUT2D eigenvalue weighted by Crippen LogP contribution is 2.24. The first-order valence-electron chi connectivity index (χ1n) is 8.33. The van der Waals surface area contributed by atoms with Crippen molar-refractivity contribution < 1.29 is 8.42 Å². The van der Waals surface area contributed by atoms with Crippen molar-refractivity contribution in [2.75, 3.05) is 4.72 Å². The predicted molar refractivity (Wildman–Crippen MR) is 106 cm³/mol. The Labute approximate surface area is 156 Å². The van der Waals surface area contributed by atoms with E-state index >= 15 is 0 Å². The van der Waals surface area contributed by atoms with Gasteiger partial charge in [0.1, 0.15) is 0 Å². The van der Waals surface area contributed by atoms with Crippen molar-refractivity contribution in [1.29, 1.82) is 0 Å². The van der Waals surface area contributed by atoms with Crippen molar-refractivity contribution in [3.05, 3.63) is 67.7 Å². The van der Waals surface area contributed by atoms with E-state index < -0.39 is 21.1 Å². The summed E-state index contributed by atoms with van der Waals surface area (Å²) in [5, 5.41) is 0. The minimum Gasteiger partial charge on any atom is -0.305 e. The van der Waals surface area contributed by atoms with Crippen LogP contribution >= 0.6 is 0 Å². The van der Waals surface area contributed by atoms with E-state index in [1.165, 1.54) is 29.3 Å². The van der Waals surface area contributed by atoms with E-state index in [0.717, 1.165) is 11.1 Å². The molecule has 27 heavy (non-hydrogen) atoms. The quantitative estimate of drug-likeness (QED) is 0.696. The van der Waals surface area contributed by atoms with E-state index in [9.17, 15) is 18.0 Å². The maximum atomic E-state index is 12.9. The predicted octanol–water partition coefficient (Wildman–Crippen LogP) is 1.96. The molecule has 1 heterocycles. The number of aromatic nitrogens is 2. The molecule has 0 amide bonds. The van der Waals surface area contributed by atoms with Crippen LogP contribution in [-0.2, 0) is 24.1 Å². The molecule has 0 aliphatic rings. The van der Waals surface area contributed by atoms with Crippen LogP contribution in [0.3, 0.4) is 0 Å². The minimum atomic E-state index is -3.87. The lowest BCUT2D eigenvalue weighted by Gasteiger charge is -2.15. The van der Waals surface area contributed by atoms with E-state index in [-0.39, 0.29) is 4.90 Å². The van der Waals surface area contributed by atoms with Gasteiger partial charge in [-0.05, 0) is 61.7 Å². The van der Waals surface area contributed by atoms with Crippen LogP contribution in [-0.4, -0.2) is 17.6 Å². The summed E-state index contributed by atoms with van der Waals surface area (Å²) >= 11 is 0. The van der Waals surface area contributed by atoms with E-state index in [1.807, 2.05) is 19.9 Å². The van der Waals surface area contributed by atoms with Crippen molar-refractivity contribution in [3.63, 3.8) is 0 Å². The molecule has 1 N–H and O–H groups in total. The molecule has 3 aromatic rings. The van der Waals surface area contributed by atoms with Gasteiger partial charge in [0, 0.05) is 19.8 Å². The lowest BCUT2D eigenvalue weighted by atomic mass is 10.1. The molecule has 2 aromatic carbocycles. The van der Waals surface area contributed by atoms with Crippen molar-refractivity contribution in [2.45, 2.75) is 25.7 Å². The molecule has 0 saturated heterocycles. The van der Waals surface area contributed by atoms with Gasteiger partial charge in [-0.2, -0.15) is 0 Å². The molecule has 0 fully saturated rings. The fourth-order valence-corrected chi connectivity index (χ4v) is 4.31. The van der Waals surface area contributed by atoms with Crippen LogP contribution in [0.1, 0.15) is 16.7 Å². The first-order valence-corrected chi connectivity index (χ1v) is 9.81. The fourth-order valence-electron chi connectivity index (χ4n) is 3.01. The van der Waals surface area contributed by atoms with Gasteiger partial charge >= 0.3 is 11.1 Å². The molecular formula is C19H21N3O4S. The van der Waals surface area contributed by atoms with E-state index in [1.54, 1.807) is 25.1 Å². The average molecular weight is 387 g/mol. The van der Waals surface area contributed by atoms with E-state index in [4.69, 9.17) is 0 Å². The standard InChI is InChI=1S/C19H21N3O4S/c1-11-6-7-14(8-12(11)2)20-27(25,26)17-10-16-15(9-13(17)3)21(4)18(23)19(24)22(16)5/h6-10,20H,1-5H3. The first-order chi connectivity index (χ1) is 12.5. The van der Waals surface area contributed by atoms with Gasteiger partial charge in [0.05, 0.1) is 15.9 Å². The smallest absolute Gasteiger partial charge is 0.305 e. The highest BCUT2D eigenvalue weighted by Gasteiger charge is 2.20. The summed E-state index contributed by atoms with van der Waals surface area (Å²) in [5.41, 5.74) is 2.48. The zero-order valence-electron chi connectivity index (χ0n) is 15.8. The second-order valence-corrected chi connectivity index (χ2v) is 8.39. The summed E-state index contributed by atoms with van der Waals surface area (Å²) < 4.78 is 30.9. The largest absolute Gasteiger partial charge is 0.316 e. The third kappa shape index (κ3) is 3.16. The van der Waals surface area contributed by atoms with Gasteiger partial charge in [-0.25, -0.2) is 8.42 Å². The molecule has 0 saturated carbocycles. The van der Waals surface area contributed by atoms with Crippen LogP contribution in [0, 0.1) is 20.8 Å². The lowest BCUT2D eigenvalue weighted by molar-refractivity contribution is 0.600. The molecule has 0 aliphatic heterocycles.